The number of nitrogens with zero attached hydrogens (tertiary/aromatic N) is 2. The molecule has 88 valence electrons. The maximum absolute atomic E-state index is 10.1. The van der Waals surface area contributed by atoms with Crippen molar-refractivity contribution in [2.75, 3.05) is 18.0 Å². The van der Waals surface area contributed by atoms with Crippen molar-refractivity contribution in [3.8, 4) is 0 Å². The van der Waals surface area contributed by atoms with Crippen molar-refractivity contribution in [2.24, 2.45) is 0 Å². The summed E-state index contributed by atoms with van der Waals surface area (Å²) in [6.07, 6.45) is 3.72. The van der Waals surface area contributed by atoms with E-state index in [1.807, 2.05) is 13.1 Å². The van der Waals surface area contributed by atoms with Gasteiger partial charge in [-0.15, -0.1) is 0 Å². The van der Waals surface area contributed by atoms with Crippen LogP contribution in [0.15, 0.2) is 16.7 Å². The van der Waals surface area contributed by atoms with E-state index in [1.54, 1.807) is 0 Å². The van der Waals surface area contributed by atoms with Gasteiger partial charge in [0.25, 0.3) is 0 Å². The fourth-order valence-corrected chi connectivity index (χ4v) is 2.33. The molecule has 1 fully saturated rings. The second kappa shape index (κ2) is 4.34. The third kappa shape index (κ3) is 2.55. The lowest BCUT2D eigenvalue weighted by molar-refractivity contribution is 0.0447. The zero-order valence-electron chi connectivity index (χ0n) is 9.70. The van der Waals surface area contributed by atoms with E-state index in [9.17, 15) is 5.11 Å². The highest BCUT2D eigenvalue weighted by Crippen LogP contribution is 2.26. The maximum atomic E-state index is 10.1. The van der Waals surface area contributed by atoms with Gasteiger partial charge >= 0.3 is 0 Å². The minimum Gasteiger partial charge on any atom is -0.388 e. The zero-order valence-corrected chi connectivity index (χ0v) is 11.3. The fourth-order valence-electron chi connectivity index (χ4n) is 2.11. The first-order chi connectivity index (χ1) is 7.48. The molecule has 16 heavy (non-hydrogen) atoms. The third-order valence-corrected chi connectivity index (χ3v) is 3.86. The van der Waals surface area contributed by atoms with Gasteiger partial charge in [-0.3, -0.25) is 0 Å². The summed E-state index contributed by atoms with van der Waals surface area (Å²) in [5.74, 6) is 0.959. The van der Waals surface area contributed by atoms with E-state index >= 15 is 0 Å². The summed E-state index contributed by atoms with van der Waals surface area (Å²) in [5.41, 5.74) is 0.594. The Hall–Kier alpha value is -0.610. The van der Waals surface area contributed by atoms with Gasteiger partial charge in [-0.2, -0.15) is 0 Å². The van der Waals surface area contributed by atoms with Crippen molar-refractivity contribution in [1.82, 2.24) is 4.98 Å². The van der Waals surface area contributed by atoms with Crippen molar-refractivity contribution < 1.29 is 5.11 Å². The van der Waals surface area contributed by atoms with Crippen LogP contribution in [-0.4, -0.2) is 28.8 Å². The molecule has 0 amide bonds. The number of anilines is 1. The third-order valence-electron chi connectivity index (χ3n) is 3.03. The predicted octanol–water partition coefficient (Wildman–Crippen LogP) is 2.50. The van der Waals surface area contributed by atoms with Crippen LogP contribution >= 0.6 is 15.9 Å². The maximum Gasteiger partial charge on any atom is 0.128 e. The van der Waals surface area contributed by atoms with Gasteiger partial charge in [-0.05, 0) is 54.2 Å². The molecule has 1 aliphatic rings. The van der Waals surface area contributed by atoms with Gasteiger partial charge in [0.15, 0.2) is 0 Å². The molecular formula is C12H17BrN2O. The molecule has 3 nitrogen and oxygen atoms in total. The quantitative estimate of drug-likeness (QED) is 0.861. The minimum atomic E-state index is -0.582. The van der Waals surface area contributed by atoms with E-state index in [0.717, 1.165) is 29.7 Å². The molecule has 2 heterocycles. The molecule has 1 saturated heterocycles. The molecule has 0 aromatic carbocycles. The van der Waals surface area contributed by atoms with Crippen LogP contribution in [0.25, 0.3) is 0 Å². The molecule has 1 N–H and O–H groups in total. The Kier molecular flexibility index (Phi) is 3.22. The number of hydrogen-bond acceptors (Lipinski definition) is 3. The monoisotopic (exact) mass is 284 g/mol. The normalized spacial score (nSPS) is 25.9. The molecule has 1 aromatic heterocycles. The van der Waals surface area contributed by atoms with Gasteiger partial charge in [0.05, 0.1) is 5.60 Å². The van der Waals surface area contributed by atoms with Crippen LogP contribution in [-0.2, 0) is 0 Å². The van der Waals surface area contributed by atoms with Crippen molar-refractivity contribution in [3.05, 3.63) is 22.3 Å². The smallest absolute Gasteiger partial charge is 0.128 e. The number of pyridine rings is 1. The van der Waals surface area contributed by atoms with E-state index in [1.165, 1.54) is 5.56 Å². The lowest BCUT2D eigenvalue weighted by atomic mass is 9.95. The van der Waals surface area contributed by atoms with Crippen LogP contribution in [0.1, 0.15) is 25.3 Å². The molecule has 0 saturated carbocycles. The lowest BCUT2D eigenvalue weighted by Crippen LogP contribution is -2.46. The highest BCUT2D eigenvalue weighted by molar-refractivity contribution is 9.10. The van der Waals surface area contributed by atoms with E-state index in [0.29, 0.717) is 6.54 Å². The highest BCUT2D eigenvalue weighted by Gasteiger charge is 2.28. The molecule has 1 aromatic rings. The molecule has 0 bridgehead atoms. The first kappa shape index (κ1) is 11.9. The minimum absolute atomic E-state index is 0.582. The second-order valence-electron chi connectivity index (χ2n) is 4.81. The summed E-state index contributed by atoms with van der Waals surface area (Å²) >= 11 is 3.45. The van der Waals surface area contributed by atoms with Crippen LogP contribution < -0.4 is 4.90 Å². The van der Waals surface area contributed by atoms with Crippen LogP contribution in [0.3, 0.4) is 0 Å². The summed E-state index contributed by atoms with van der Waals surface area (Å²) in [7, 11) is 0. The van der Waals surface area contributed by atoms with Gasteiger partial charge in [-0.25, -0.2) is 4.98 Å². The summed E-state index contributed by atoms with van der Waals surface area (Å²) in [6, 6.07) is 2.06. The first-order valence-electron chi connectivity index (χ1n) is 5.57. The van der Waals surface area contributed by atoms with Gasteiger partial charge in [0, 0.05) is 23.8 Å². The van der Waals surface area contributed by atoms with Gasteiger partial charge in [0.1, 0.15) is 5.82 Å². The fraction of sp³-hybridized carbons (Fsp3) is 0.583. The van der Waals surface area contributed by atoms with E-state index in [2.05, 4.69) is 38.8 Å². The van der Waals surface area contributed by atoms with Crippen molar-refractivity contribution in [2.45, 2.75) is 32.3 Å². The number of piperidine rings is 1. The Morgan fingerprint density at radius 2 is 2.31 bits per heavy atom. The standard InChI is InChI=1S/C12H17BrN2O/c1-9-6-11(14-7-10(9)13)15-5-3-4-12(2,16)8-15/h6-7,16H,3-5,8H2,1-2H3. The summed E-state index contributed by atoms with van der Waals surface area (Å²) < 4.78 is 1.03. The van der Waals surface area contributed by atoms with Crippen LogP contribution in [0.2, 0.25) is 0 Å². The Balaban J connectivity index is 2.20. The van der Waals surface area contributed by atoms with Gasteiger partial charge < -0.3 is 10.0 Å². The Labute approximate surface area is 105 Å². The van der Waals surface area contributed by atoms with E-state index in [4.69, 9.17) is 0 Å². The number of rotatable bonds is 1. The number of hydrogen-bond donors (Lipinski definition) is 1. The average molecular weight is 285 g/mol. The van der Waals surface area contributed by atoms with E-state index in [-0.39, 0.29) is 0 Å². The molecular weight excluding hydrogens is 268 g/mol. The molecule has 2 rings (SSSR count). The SMILES string of the molecule is Cc1cc(N2CCCC(C)(O)C2)ncc1Br. The van der Waals surface area contributed by atoms with Gasteiger partial charge in [0.2, 0.25) is 0 Å². The first-order valence-corrected chi connectivity index (χ1v) is 6.37. The van der Waals surface area contributed by atoms with E-state index < -0.39 is 5.60 Å². The topological polar surface area (TPSA) is 36.4 Å². The summed E-state index contributed by atoms with van der Waals surface area (Å²) in [6.45, 7) is 5.59. The molecule has 1 aliphatic heterocycles. The summed E-state index contributed by atoms with van der Waals surface area (Å²) in [4.78, 5) is 6.55. The Bertz CT molecular complexity index is 393. The molecule has 4 heteroatoms. The number of aryl methyl sites for hydroxylation is 1. The van der Waals surface area contributed by atoms with Crippen LogP contribution in [0.4, 0.5) is 5.82 Å². The summed E-state index contributed by atoms with van der Waals surface area (Å²) in [5, 5.41) is 10.1. The predicted molar refractivity (Wildman–Crippen MR) is 68.7 cm³/mol. The van der Waals surface area contributed by atoms with Gasteiger partial charge in [-0.1, -0.05) is 0 Å². The van der Waals surface area contributed by atoms with Crippen molar-refractivity contribution >= 4 is 21.7 Å². The number of aliphatic hydroxyl groups is 1. The average Bonchev–Trinajstić information content (AvgIpc) is 2.20. The number of β-amino-alcohol motifs (C(OH)–C–C–N with tert-alkyl or cyclic N) is 1. The second-order valence-corrected chi connectivity index (χ2v) is 5.67. The zero-order chi connectivity index (χ0) is 11.8. The number of aromatic nitrogens is 1. The lowest BCUT2D eigenvalue weighted by Gasteiger charge is -2.37. The van der Waals surface area contributed by atoms with Crippen LogP contribution in [0.5, 0.6) is 0 Å². The number of halogens is 1. The van der Waals surface area contributed by atoms with Crippen LogP contribution in [0, 0.1) is 6.92 Å². The molecule has 1 unspecified atom stereocenters. The largest absolute Gasteiger partial charge is 0.388 e. The highest BCUT2D eigenvalue weighted by atomic mass is 79.9. The Morgan fingerprint density at radius 1 is 1.56 bits per heavy atom. The molecule has 1 atom stereocenters. The molecule has 0 spiro atoms. The molecule has 0 radical (unpaired) electrons. The van der Waals surface area contributed by atoms with Crippen molar-refractivity contribution in [1.29, 1.82) is 0 Å². The van der Waals surface area contributed by atoms with Crippen molar-refractivity contribution in [3.63, 3.8) is 0 Å². The Morgan fingerprint density at radius 3 is 2.94 bits per heavy atom. The molecule has 0 aliphatic carbocycles.